The monoisotopic (exact) mass is 324 g/mol. The lowest BCUT2D eigenvalue weighted by Crippen LogP contribution is -2.04. The molecule has 0 heterocycles. The topological polar surface area (TPSA) is 52.0 Å². The SMILES string of the molecule is Cl.Cl.Nc1ccc(N)c(-c2cccc(C(F)(F)F)c2)c1. The number of hydrogen-bond donors (Lipinski definition) is 2. The summed E-state index contributed by atoms with van der Waals surface area (Å²) in [6, 6.07) is 9.74. The van der Waals surface area contributed by atoms with E-state index < -0.39 is 11.7 Å². The molecule has 2 aromatic carbocycles. The first-order valence-electron chi connectivity index (χ1n) is 5.20. The van der Waals surface area contributed by atoms with Gasteiger partial charge in [0.2, 0.25) is 0 Å². The van der Waals surface area contributed by atoms with Gasteiger partial charge in [-0.1, -0.05) is 12.1 Å². The molecule has 0 atom stereocenters. The van der Waals surface area contributed by atoms with Gasteiger partial charge >= 0.3 is 6.18 Å². The highest BCUT2D eigenvalue weighted by molar-refractivity contribution is 5.85. The number of benzene rings is 2. The second-order valence-corrected chi connectivity index (χ2v) is 3.93. The minimum atomic E-state index is -4.37. The van der Waals surface area contributed by atoms with Crippen molar-refractivity contribution in [1.29, 1.82) is 0 Å². The van der Waals surface area contributed by atoms with Gasteiger partial charge in [-0.05, 0) is 35.9 Å². The maximum atomic E-state index is 12.6. The normalized spacial score (nSPS) is 10.3. The first-order valence-corrected chi connectivity index (χ1v) is 5.20. The van der Waals surface area contributed by atoms with Gasteiger partial charge in [0.15, 0.2) is 0 Å². The van der Waals surface area contributed by atoms with Crippen LogP contribution in [0.5, 0.6) is 0 Å². The van der Waals surface area contributed by atoms with E-state index in [1.54, 1.807) is 24.3 Å². The second kappa shape index (κ2) is 6.72. The quantitative estimate of drug-likeness (QED) is 0.765. The van der Waals surface area contributed by atoms with E-state index in [1.807, 2.05) is 0 Å². The summed E-state index contributed by atoms with van der Waals surface area (Å²) in [5.41, 5.74) is 12.4. The van der Waals surface area contributed by atoms with Crippen molar-refractivity contribution in [3.8, 4) is 11.1 Å². The van der Waals surface area contributed by atoms with Crippen LogP contribution in [0.3, 0.4) is 0 Å². The first-order chi connectivity index (χ1) is 8.38. The zero-order valence-electron chi connectivity index (χ0n) is 10.1. The Morgan fingerprint density at radius 2 is 1.50 bits per heavy atom. The van der Waals surface area contributed by atoms with Gasteiger partial charge in [-0.15, -0.1) is 24.8 Å². The summed E-state index contributed by atoms with van der Waals surface area (Å²) in [5, 5.41) is 0. The Hall–Kier alpha value is -1.59. The zero-order chi connectivity index (χ0) is 13.3. The highest BCUT2D eigenvalue weighted by Gasteiger charge is 2.30. The van der Waals surface area contributed by atoms with Gasteiger partial charge in [-0.2, -0.15) is 13.2 Å². The third-order valence-electron chi connectivity index (χ3n) is 2.58. The van der Waals surface area contributed by atoms with Gasteiger partial charge in [0.25, 0.3) is 0 Å². The number of anilines is 2. The molecule has 4 N–H and O–H groups in total. The maximum absolute atomic E-state index is 12.6. The van der Waals surface area contributed by atoms with E-state index in [-0.39, 0.29) is 24.8 Å². The summed E-state index contributed by atoms with van der Waals surface area (Å²) in [6.45, 7) is 0. The molecule has 7 heteroatoms. The first kappa shape index (κ1) is 18.4. The second-order valence-electron chi connectivity index (χ2n) is 3.93. The third kappa shape index (κ3) is 3.95. The van der Waals surface area contributed by atoms with E-state index in [0.717, 1.165) is 12.1 Å². The molecule has 20 heavy (non-hydrogen) atoms. The lowest BCUT2D eigenvalue weighted by molar-refractivity contribution is -0.137. The molecule has 0 amide bonds. The van der Waals surface area contributed by atoms with E-state index in [0.29, 0.717) is 22.5 Å². The molecule has 2 nitrogen and oxygen atoms in total. The van der Waals surface area contributed by atoms with Crippen molar-refractivity contribution >= 4 is 36.2 Å². The number of nitrogens with two attached hydrogens (primary N) is 2. The van der Waals surface area contributed by atoms with Crippen LogP contribution in [0.15, 0.2) is 42.5 Å². The Labute approximate surface area is 126 Å². The molecule has 0 fully saturated rings. The number of hydrogen-bond acceptors (Lipinski definition) is 2. The van der Waals surface area contributed by atoms with Crippen LogP contribution in [0, 0.1) is 0 Å². The summed E-state index contributed by atoms with van der Waals surface area (Å²) in [5.74, 6) is 0. The van der Waals surface area contributed by atoms with Crippen molar-refractivity contribution in [3.05, 3.63) is 48.0 Å². The van der Waals surface area contributed by atoms with Crippen LogP contribution in [0.25, 0.3) is 11.1 Å². The number of rotatable bonds is 1. The van der Waals surface area contributed by atoms with E-state index in [1.165, 1.54) is 6.07 Å². The van der Waals surface area contributed by atoms with Crippen molar-refractivity contribution < 1.29 is 13.2 Å². The highest BCUT2D eigenvalue weighted by Crippen LogP contribution is 2.34. The smallest absolute Gasteiger partial charge is 0.399 e. The Kier molecular flexibility index (Phi) is 6.19. The largest absolute Gasteiger partial charge is 0.416 e. The Morgan fingerprint density at radius 3 is 2.10 bits per heavy atom. The fraction of sp³-hybridized carbons (Fsp3) is 0.0769. The average molecular weight is 325 g/mol. The van der Waals surface area contributed by atoms with E-state index in [2.05, 4.69) is 0 Å². The molecule has 2 aromatic rings. The lowest BCUT2D eigenvalue weighted by atomic mass is 10.0. The van der Waals surface area contributed by atoms with Gasteiger partial charge in [-0.25, -0.2) is 0 Å². The van der Waals surface area contributed by atoms with Crippen molar-refractivity contribution in [2.24, 2.45) is 0 Å². The Morgan fingerprint density at radius 1 is 0.850 bits per heavy atom. The molecule has 0 aliphatic carbocycles. The van der Waals surface area contributed by atoms with Crippen LogP contribution in [-0.4, -0.2) is 0 Å². The molecule has 0 aromatic heterocycles. The molecule has 0 saturated carbocycles. The van der Waals surface area contributed by atoms with Gasteiger partial charge < -0.3 is 11.5 Å². The number of alkyl halides is 3. The fourth-order valence-corrected chi connectivity index (χ4v) is 1.69. The molecule has 0 bridgehead atoms. The summed E-state index contributed by atoms with van der Waals surface area (Å²) < 4.78 is 37.8. The molecular weight excluding hydrogens is 312 g/mol. The molecule has 0 aliphatic rings. The predicted molar refractivity (Wildman–Crippen MR) is 80.2 cm³/mol. The van der Waals surface area contributed by atoms with E-state index >= 15 is 0 Å². The molecule has 0 aliphatic heterocycles. The van der Waals surface area contributed by atoms with Crippen molar-refractivity contribution in [3.63, 3.8) is 0 Å². The Bertz CT molecular complexity index is 586. The summed E-state index contributed by atoms with van der Waals surface area (Å²) in [7, 11) is 0. The van der Waals surface area contributed by atoms with Crippen LogP contribution < -0.4 is 11.5 Å². The summed E-state index contributed by atoms with van der Waals surface area (Å²) in [4.78, 5) is 0. The highest BCUT2D eigenvalue weighted by atomic mass is 35.5. The van der Waals surface area contributed by atoms with Crippen LogP contribution >= 0.6 is 24.8 Å². The van der Waals surface area contributed by atoms with Crippen LogP contribution in [0.2, 0.25) is 0 Å². The average Bonchev–Trinajstić information content (AvgIpc) is 2.31. The summed E-state index contributed by atoms with van der Waals surface area (Å²) >= 11 is 0. The van der Waals surface area contributed by atoms with Gasteiger partial charge in [0, 0.05) is 16.9 Å². The summed E-state index contributed by atoms with van der Waals surface area (Å²) in [6.07, 6.45) is -4.37. The van der Waals surface area contributed by atoms with Crippen LogP contribution in [0.4, 0.5) is 24.5 Å². The number of nitrogen functional groups attached to an aromatic ring is 2. The van der Waals surface area contributed by atoms with Gasteiger partial charge in [-0.3, -0.25) is 0 Å². The van der Waals surface area contributed by atoms with Crippen LogP contribution in [0.1, 0.15) is 5.56 Å². The standard InChI is InChI=1S/C13H11F3N2.2ClH/c14-13(15,16)9-3-1-2-8(6-9)11-7-10(17)4-5-12(11)18;;/h1-7H,17-18H2;2*1H. The molecular formula is C13H13Cl2F3N2. The van der Waals surface area contributed by atoms with Crippen molar-refractivity contribution in [2.45, 2.75) is 6.18 Å². The number of halogens is 5. The van der Waals surface area contributed by atoms with Gasteiger partial charge in [0.1, 0.15) is 0 Å². The van der Waals surface area contributed by atoms with Crippen molar-refractivity contribution in [2.75, 3.05) is 11.5 Å². The minimum absolute atomic E-state index is 0. The Balaban J connectivity index is 0.00000180. The van der Waals surface area contributed by atoms with Crippen LogP contribution in [-0.2, 0) is 6.18 Å². The minimum Gasteiger partial charge on any atom is -0.399 e. The zero-order valence-corrected chi connectivity index (χ0v) is 11.8. The molecule has 2 rings (SSSR count). The fourth-order valence-electron chi connectivity index (χ4n) is 1.69. The molecule has 110 valence electrons. The van der Waals surface area contributed by atoms with Gasteiger partial charge in [0.05, 0.1) is 5.56 Å². The van der Waals surface area contributed by atoms with E-state index in [9.17, 15) is 13.2 Å². The molecule has 0 radical (unpaired) electrons. The maximum Gasteiger partial charge on any atom is 0.416 e. The molecule has 0 spiro atoms. The molecule has 0 saturated heterocycles. The van der Waals surface area contributed by atoms with Crippen molar-refractivity contribution in [1.82, 2.24) is 0 Å². The third-order valence-corrected chi connectivity index (χ3v) is 2.58. The predicted octanol–water partition coefficient (Wildman–Crippen LogP) is 4.38. The lowest BCUT2D eigenvalue weighted by Gasteiger charge is -2.11. The molecule has 0 unspecified atom stereocenters. The van der Waals surface area contributed by atoms with E-state index in [4.69, 9.17) is 11.5 Å².